The van der Waals surface area contributed by atoms with Gasteiger partial charge in [0.25, 0.3) is 10.0 Å². The van der Waals surface area contributed by atoms with Crippen LogP contribution in [0.3, 0.4) is 0 Å². The van der Waals surface area contributed by atoms with E-state index in [1.807, 2.05) is 0 Å². The minimum Gasteiger partial charge on any atom is -0.497 e. The van der Waals surface area contributed by atoms with E-state index in [0.717, 1.165) is 3.97 Å². The first kappa shape index (κ1) is 22.3. The van der Waals surface area contributed by atoms with Gasteiger partial charge < -0.3 is 19.5 Å². The molecule has 0 unspecified atom stereocenters. The lowest BCUT2D eigenvalue weighted by molar-refractivity contribution is -0.0508. The van der Waals surface area contributed by atoms with E-state index < -0.39 is 15.8 Å². The van der Waals surface area contributed by atoms with E-state index in [-0.39, 0.29) is 22.1 Å². The Labute approximate surface area is 186 Å². The van der Waals surface area contributed by atoms with E-state index in [0.29, 0.717) is 43.4 Å². The summed E-state index contributed by atoms with van der Waals surface area (Å²) in [6.07, 6.45) is 1.50. The monoisotopic (exact) mass is 460 g/mol. The van der Waals surface area contributed by atoms with E-state index in [1.165, 1.54) is 31.5 Å². The fourth-order valence-electron chi connectivity index (χ4n) is 3.47. The van der Waals surface area contributed by atoms with E-state index in [4.69, 9.17) is 14.2 Å². The van der Waals surface area contributed by atoms with Crippen LogP contribution >= 0.6 is 0 Å². The normalized spacial score (nSPS) is 14.2. The van der Waals surface area contributed by atoms with Crippen molar-refractivity contribution in [3.8, 4) is 22.8 Å². The van der Waals surface area contributed by atoms with Gasteiger partial charge in [-0.25, -0.2) is 16.8 Å². The van der Waals surface area contributed by atoms with Gasteiger partial charge in [0.2, 0.25) is 0 Å². The third kappa shape index (κ3) is 4.50. The van der Waals surface area contributed by atoms with Crippen LogP contribution in [-0.2, 0) is 21.3 Å². The van der Waals surface area contributed by atoms with Crippen LogP contribution in [0.2, 0.25) is 0 Å². The van der Waals surface area contributed by atoms with E-state index >= 15 is 0 Å². The fourth-order valence-corrected chi connectivity index (χ4v) is 4.91. The summed E-state index contributed by atoms with van der Waals surface area (Å²) in [6.45, 7) is 2.10. The molecule has 2 heterocycles. The quantitative estimate of drug-likeness (QED) is 0.528. The molecule has 1 saturated heterocycles. The summed E-state index contributed by atoms with van der Waals surface area (Å²) >= 11 is 0. The zero-order chi connectivity index (χ0) is 22.7. The molecule has 0 atom stereocenters. The van der Waals surface area contributed by atoms with E-state index in [9.17, 15) is 12.8 Å². The van der Waals surface area contributed by atoms with E-state index in [1.54, 1.807) is 37.4 Å². The number of nitrogens with zero attached hydrogens (tertiary/aromatic N) is 1. The minimum atomic E-state index is -4.08. The lowest BCUT2D eigenvalue weighted by Crippen LogP contribution is -2.32. The topological polar surface area (TPSA) is 78.8 Å². The van der Waals surface area contributed by atoms with Gasteiger partial charge in [-0.05, 0) is 30.8 Å². The van der Waals surface area contributed by atoms with Gasteiger partial charge in [-0.1, -0.05) is 12.1 Å². The van der Waals surface area contributed by atoms with Crippen LogP contribution < -0.4 is 14.8 Å². The Morgan fingerprint density at radius 2 is 1.91 bits per heavy atom. The summed E-state index contributed by atoms with van der Waals surface area (Å²) in [5.74, 6) is 0.503. The molecule has 2 aromatic carbocycles. The Balaban J connectivity index is 1.78. The number of hydrogen-bond donors (Lipinski definition) is 1. The first-order chi connectivity index (χ1) is 15.4. The molecular weight excluding hydrogens is 435 g/mol. The second-order valence-electron chi connectivity index (χ2n) is 7.60. The molecule has 1 N–H and O–H groups in total. The summed E-state index contributed by atoms with van der Waals surface area (Å²) in [6, 6.07) is 12.3. The SMILES string of the molecule is CNCc1cc(-c2ccccc2F)n(S(=O)(=O)c2cc(OC)cc(OCC3COC3)c2)c1. The molecule has 0 aliphatic carbocycles. The predicted octanol–water partition coefficient (Wildman–Crippen LogP) is 3.28. The predicted molar refractivity (Wildman–Crippen MR) is 118 cm³/mol. The molecule has 0 amide bonds. The number of hydrogen-bond acceptors (Lipinski definition) is 6. The molecule has 9 heteroatoms. The van der Waals surface area contributed by atoms with Crippen LogP contribution in [0.4, 0.5) is 4.39 Å². The Bertz CT molecular complexity index is 1200. The van der Waals surface area contributed by atoms with Crippen molar-refractivity contribution in [2.45, 2.75) is 11.4 Å². The first-order valence-corrected chi connectivity index (χ1v) is 11.6. The third-order valence-corrected chi connectivity index (χ3v) is 6.86. The number of benzene rings is 2. The Kier molecular flexibility index (Phi) is 6.50. The van der Waals surface area contributed by atoms with Crippen molar-refractivity contribution in [2.75, 3.05) is 34.0 Å². The Morgan fingerprint density at radius 3 is 2.56 bits per heavy atom. The van der Waals surface area contributed by atoms with Gasteiger partial charge in [0, 0.05) is 42.4 Å². The smallest absolute Gasteiger partial charge is 0.268 e. The van der Waals surface area contributed by atoms with Gasteiger partial charge >= 0.3 is 0 Å². The molecule has 0 saturated carbocycles. The van der Waals surface area contributed by atoms with Gasteiger partial charge in [0.15, 0.2) is 0 Å². The summed E-state index contributed by atoms with van der Waals surface area (Å²) in [7, 11) is -0.863. The van der Waals surface area contributed by atoms with Crippen molar-refractivity contribution in [3.63, 3.8) is 0 Å². The van der Waals surface area contributed by atoms with Crippen molar-refractivity contribution in [1.82, 2.24) is 9.29 Å². The summed E-state index contributed by atoms with van der Waals surface area (Å²) in [5, 5.41) is 3.00. The largest absolute Gasteiger partial charge is 0.497 e. The maximum absolute atomic E-state index is 14.6. The maximum Gasteiger partial charge on any atom is 0.268 e. The number of halogens is 1. The summed E-state index contributed by atoms with van der Waals surface area (Å²) < 4.78 is 59.3. The maximum atomic E-state index is 14.6. The van der Waals surface area contributed by atoms with Crippen molar-refractivity contribution < 1.29 is 27.0 Å². The molecule has 32 heavy (non-hydrogen) atoms. The molecule has 1 fully saturated rings. The lowest BCUT2D eigenvalue weighted by atomic mass is 10.1. The van der Waals surface area contributed by atoms with Crippen molar-refractivity contribution in [3.05, 3.63) is 66.1 Å². The molecule has 7 nitrogen and oxygen atoms in total. The number of aromatic nitrogens is 1. The molecule has 4 rings (SSSR count). The standard InChI is InChI=1S/C23H25FN2O5S/c1-25-11-16-7-23(21-5-3-4-6-22(21)24)26(12-16)32(27,28)20-9-18(29-2)8-19(10-20)31-15-17-13-30-14-17/h3-10,12,17,25H,11,13-15H2,1-2H3. The minimum absolute atomic E-state index is 0.0130. The van der Waals surface area contributed by atoms with Crippen LogP contribution in [0.5, 0.6) is 11.5 Å². The highest BCUT2D eigenvalue weighted by atomic mass is 32.2. The zero-order valence-electron chi connectivity index (χ0n) is 17.9. The third-order valence-electron chi connectivity index (χ3n) is 5.21. The molecule has 1 aliphatic heterocycles. The molecule has 170 valence electrons. The molecule has 1 aliphatic rings. The van der Waals surface area contributed by atoms with Gasteiger partial charge in [-0.2, -0.15) is 0 Å². The Morgan fingerprint density at radius 1 is 1.16 bits per heavy atom. The van der Waals surface area contributed by atoms with Gasteiger partial charge in [-0.15, -0.1) is 0 Å². The summed E-state index contributed by atoms with van der Waals surface area (Å²) in [5.41, 5.74) is 1.15. The number of methoxy groups -OCH3 is 1. The molecule has 1 aromatic heterocycles. The van der Waals surface area contributed by atoms with Gasteiger partial charge in [0.1, 0.15) is 17.3 Å². The average molecular weight is 461 g/mol. The fraction of sp³-hybridized carbons (Fsp3) is 0.304. The zero-order valence-corrected chi connectivity index (χ0v) is 18.7. The van der Waals surface area contributed by atoms with Crippen LogP contribution in [0.1, 0.15) is 5.56 Å². The second-order valence-corrected chi connectivity index (χ2v) is 9.42. The molecule has 0 spiro atoms. The second kappa shape index (κ2) is 9.32. The van der Waals surface area contributed by atoms with Crippen LogP contribution in [0.25, 0.3) is 11.3 Å². The lowest BCUT2D eigenvalue weighted by Gasteiger charge is -2.25. The molecule has 0 bridgehead atoms. The van der Waals surface area contributed by atoms with Crippen molar-refractivity contribution in [1.29, 1.82) is 0 Å². The highest BCUT2D eigenvalue weighted by molar-refractivity contribution is 7.90. The highest BCUT2D eigenvalue weighted by Crippen LogP contribution is 2.32. The summed E-state index contributed by atoms with van der Waals surface area (Å²) in [4.78, 5) is -0.0130. The molecular formula is C23H25FN2O5S. The average Bonchev–Trinajstić information content (AvgIpc) is 3.17. The number of rotatable bonds is 9. The van der Waals surface area contributed by atoms with Crippen LogP contribution in [-0.4, -0.2) is 46.4 Å². The van der Waals surface area contributed by atoms with Gasteiger partial charge in [0.05, 0.1) is 37.5 Å². The first-order valence-electron chi connectivity index (χ1n) is 10.2. The van der Waals surface area contributed by atoms with Crippen molar-refractivity contribution >= 4 is 10.0 Å². The van der Waals surface area contributed by atoms with Crippen LogP contribution in [0, 0.1) is 11.7 Å². The van der Waals surface area contributed by atoms with E-state index in [2.05, 4.69) is 5.32 Å². The van der Waals surface area contributed by atoms with Crippen molar-refractivity contribution in [2.24, 2.45) is 5.92 Å². The van der Waals surface area contributed by atoms with Crippen LogP contribution in [0.15, 0.2) is 59.6 Å². The highest BCUT2D eigenvalue weighted by Gasteiger charge is 2.25. The molecule has 3 aromatic rings. The number of nitrogens with one attached hydrogen (secondary N) is 1. The van der Waals surface area contributed by atoms with Gasteiger partial charge in [-0.3, -0.25) is 0 Å². The number of ether oxygens (including phenoxy) is 3. The molecule has 0 radical (unpaired) electrons. The Hall–Kier alpha value is -2.88.